The van der Waals surface area contributed by atoms with Crippen molar-refractivity contribution in [3.63, 3.8) is 0 Å². The molecule has 1 aromatic heterocycles. The van der Waals surface area contributed by atoms with E-state index >= 15 is 0 Å². The second-order valence-electron chi connectivity index (χ2n) is 6.77. The summed E-state index contributed by atoms with van der Waals surface area (Å²) in [5, 5.41) is 14.4. The summed E-state index contributed by atoms with van der Waals surface area (Å²) in [5.74, 6) is 0.454. The van der Waals surface area contributed by atoms with Crippen LogP contribution < -0.4 is 0 Å². The number of benzene rings is 1. The van der Waals surface area contributed by atoms with Crippen LogP contribution in [0.15, 0.2) is 36.5 Å². The highest BCUT2D eigenvalue weighted by Gasteiger charge is 2.43. The maximum atomic E-state index is 13.0. The molecule has 126 valence electrons. The Labute approximate surface area is 139 Å². The summed E-state index contributed by atoms with van der Waals surface area (Å²) in [6.07, 6.45) is 3.64. The van der Waals surface area contributed by atoms with E-state index in [4.69, 9.17) is 0 Å². The van der Waals surface area contributed by atoms with E-state index < -0.39 is 0 Å². The Balaban J connectivity index is 1.41. The molecule has 1 saturated heterocycles. The van der Waals surface area contributed by atoms with Gasteiger partial charge in [-0.15, -0.1) is 0 Å². The fraction of sp³-hybridized carbons (Fsp3) is 0.444. The van der Waals surface area contributed by atoms with E-state index in [1.54, 1.807) is 23.0 Å². The molecule has 24 heavy (non-hydrogen) atoms. The van der Waals surface area contributed by atoms with Crippen molar-refractivity contribution in [1.82, 2.24) is 14.7 Å². The molecule has 0 radical (unpaired) electrons. The third kappa shape index (κ3) is 2.82. The van der Waals surface area contributed by atoms with E-state index in [0.717, 1.165) is 25.1 Å². The molecule has 1 saturated carbocycles. The van der Waals surface area contributed by atoms with Crippen molar-refractivity contribution in [2.24, 2.45) is 11.8 Å². The van der Waals surface area contributed by atoms with E-state index in [2.05, 4.69) is 5.10 Å². The van der Waals surface area contributed by atoms with E-state index in [1.807, 2.05) is 11.0 Å². The molecule has 1 N–H and O–H groups in total. The molecule has 1 aliphatic heterocycles. The SMILES string of the molecule is O=C(Cc1ccn(-c2ccc(F)cc2)n1)N1C[C@@H]2CC[C@H](O)[C@@H]2C1. The predicted octanol–water partition coefficient (Wildman–Crippen LogP) is 1.78. The van der Waals surface area contributed by atoms with Gasteiger partial charge in [0.2, 0.25) is 5.91 Å². The Kier molecular flexibility index (Phi) is 3.84. The van der Waals surface area contributed by atoms with E-state index in [-0.39, 0.29) is 30.2 Å². The summed E-state index contributed by atoms with van der Waals surface area (Å²) in [5.41, 5.74) is 1.45. The van der Waals surface area contributed by atoms with Crippen LogP contribution in [-0.2, 0) is 11.2 Å². The lowest BCUT2D eigenvalue weighted by atomic mass is 10.00. The van der Waals surface area contributed by atoms with Crippen LogP contribution in [-0.4, -0.2) is 44.9 Å². The van der Waals surface area contributed by atoms with Crippen LogP contribution in [0.2, 0.25) is 0 Å². The zero-order chi connectivity index (χ0) is 16.7. The molecule has 5 nitrogen and oxygen atoms in total. The predicted molar refractivity (Wildman–Crippen MR) is 86.0 cm³/mol. The number of aliphatic hydroxyl groups excluding tert-OH is 1. The number of fused-ring (bicyclic) bond motifs is 1. The quantitative estimate of drug-likeness (QED) is 0.934. The van der Waals surface area contributed by atoms with Crippen LogP contribution in [0.1, 0.15) is 18.5 Å². The number of carbonyl (C=O) groups excluding carboxylic acids is 1. The van der Waals surface area contributed by atoms with E-state index in [1.165, 1.54) is 12.1 Å². The molecule has 4 rings (SSSR count). The van der Waals surface area contributed by atoms with Crippen LogP contribution >= 0.6 is 0 Å². The molecule has 0 bridgehead atoms. The van der Waals surface area contributed by atoms with Gasteiger partial charge in [0, 0.05) is 25.2 Å². The van der Waals surface area contributed by atoms with E-state index in [9.17, 15) is 14.3 Å². The van der Waals surface area contributed by atoms with Gasteiger partial charge in [-0.2, -0.15) is 5.10 Å². The van der Waals surface area contributed by atoms with E-state index in [0.29, 0.717) is 18.2 Å². The minimum absolute atomic E-state index is 0.0564. The third-order valence-electron chi connectivity index (χ3n) is 5.24. The fourth-order valence-electron chi connectivity index (χ4n) is 3.90. The Morgan fingerprint density at radius 1 is 1.21 bits per heavy atom. The van der Waals surface area contributed by atoms with Gasteiger partial charge in [-0.1, -0.05) is 0 Å². The highest BCUT2D eigenvalue weighted by Crippen LogP contribution is 2.38. The average molecular weight is 329 g/mol. The topological polar surface area (TPSA) is 58.4 Å². The lowest BCUT2D eigenvalue weighted by Crippen LogP contribution is -2.32. The number of rotatable bonds is 3. The third-order valence-corrected chi connectivity index (χ3v) is 5.24. The van der Waals surface area contributed by atoms with Gasteiger partial charge in [0.25, 0.3) is 0 Å². The molecule has 2 heterocycles. The van der Waals surface area contributed by atoms with Crippen molar-refractivity contribution in [1.29, 1.82) is 0 Å². The first-order valence-corrected chi connectivity index (χ1v) is 8.36. The molecule has 1 aliphatic carbocycles. The van der Waals surface area contributed by atoms with Gasteiger partial charge in [-0.3, -0.25) is 4.79 Å². The number of amides is 1. The zero-order valence-electron chi connectivity index (χ0n) is 13.3. The summed E-state index contributed by atoms with van der Waals surface area (Å²) in [6.45, 7) is 1.41. The number of hydrogen-bond donors (Lipinski definition) is 1. The fourth-order valence-corrected chi connectivity index (χ4v) is 3.90. The lowest BCUT2D eigenvalue weighted by Gasteiger charge is -2.17. The van der Waals surface area contributed by atoms with Crippen molar-refractivity contribution >= 4 is 5.91 Å². The average Bonchev–Trinajstić information content (AvgIpc) is 3.26. The van der Waals surface area contributed by atoms with Crippen LogP contribution in [0.25, 0.3) is 5.69 Å². The number of nitrogens with zero attached hydrogens (tertiary/aromatic N) is 3. The largest absolute Gasteiger partial charge is 0.393 e. The highest BCUT2D eigenvalue weighted by molar-refractivity contribution is 5.78. The summed E-state index contributed by atoms with van der Waals surface area (Å²) < 4.78 is 14.6. The van der Waals surface area contributed by atoms with Gasteiger partial charge in [0.15, 0.2) is 0 Å². The van der Waals surface area contributed by atoms with Crippen LogP contribution in [0.4, 0.5) is 4.39 Å². The summed E-state index contributed by atoms with van der Waals surface area (Å²) in [6, 6.07) is 7.88. The van der Waals surface area contributed by atoms with Crippen molar-refractivity contribution in [3.05, 3.63) is 48.0 Å². The number of aliphatic hydroxyl groups is 1. The number of hydrogen-bond acceptors (Lipinski definition) is 3. The van der Waals surface area contributed by atoms with Gasteiger partial charge in [-0.05, 0) is 49.1 Å². The van der Waals surface area contributed by atoms with Crippen molar-refractivity contribution in [2.45, 2.75) is 25.4 Å². The van der Waals surface area contributed by atoms with Gasteiger partial charge in [0.1, 0.15) is 5.82 Å². The summed E-state index contributed by atoms with van der Waals surface area (Å²) in [7, 11) is 0. The first-order valence-electron chi connectivity index (χ1n) is 8.36. The van der Waals surface area contributed by atoms with Crippen LogP contribution in [0.3, 0.4) is 0 Å². The zero-order valence-corrected chi connectivity index (χ0v) is 13.3. The minimum atomic E-state index is -0.289. The minimum Gasteiger partial charge on any atom is -0.393 e. The molecule has 0 unspecified atom stereocenters. The lowest BCUT2D eigenvalue weighted by molar-refractivity contribution is -0.129. The van der Waals surface area contributed by atoms with Gasteiger partial charge in [-0.25, -0.2) is 9.07 Å². The summed E-state index contributed by atoms with van der Waals surface area (Å²) in [4.78, 5) is 14.3. The number of carbonyl (C=O) groups is 1. The van der Waals surface area contributed by atoms with Crippen molar-refractivity contribution in [2.75, 3.05) is 13.1 Å². The summed E-state index contributed by atoms with van der Waals surface area (Å²) >= 11 is 0. The standard InChI is InChI=1S/C18H20FN3O2/c19-13-2-4-15(5-3-13)22-8-7-14(20-22)9-18(24)21-10-12-1-6-17(23)16(12)11-21/h2-5,7-8,12,16-17,23H,1,6,9-11H2/t12-,16+,17-/m0/s1. The maximum Gasteiger partial charge on any atom is 0.228 e. The van der Waals surface area contributed by atoms with Gasteiger partial charge < -0.3 is 10.0 Å². The molecule has 0 spiro atoms. The van der Waals surface area contributed by atoms with Crippen LogP contribution in [0.5, 0.6) is 0 Å². The first-order chi connectivity index (χ1) is 11.6. The molecular weight excluding hydrogens is 309 g/mol. The second kappa shape index (κ2) is 6.02. The van der Waals surface area contributed by atoms with Crippen molar-refractivity contribution in [3.8, 4) is 5.69 Å². The first kappa shape index (κ1) is 15.3. The maximum absolute atomic E-state index is 13.0. The number of halogens is 1. The Morgan fingerprint density at radius 3 is 2.75 bits per heavy atom. The van der Waals surface area contributed by atoms with Gasteiger partial charge >= 0.3 is 0 Å². The Morgan fingerprint density at radius 2 is 2.00 bits per heavy atom. The normalized spacial score (nSPS) is 25.9. The van der Waals surface area contributed by atoms with Crippen LogP contribution in [0, 0.1) is 17.7 Å². The Hall–Kier alpha value is -2.21. The monoisotopic (exact) mass is 329 g/mol. The highest BCUT2D eigenvalue weighted by atomic mass is 19.1. The molecule has 1 aromatic carbocycles. The smallest absolute Gasteiger partial charge is 0.228 e. The molecule has 1 amide bonds. The van der Waals surface area contributed by atoms with Crippen molar-refractivity contribution < 1.29 is 14.3 Å². The number of aromatic nitrogens is 2. The number of likely N-dealkylation sites (tertiary alicyclic amines) is 1. The second-order valence-corrected chi connectivity index (χ2v) is 6.77. The molecule has 2 aromatic rings. The Bertz CT molecular complexity index is 743. The molecule has 2 aliphatic rings. The molecular formula is C18H20FN3O2. The molecule has 6 heteroatoms. The van der Waals surface area contributed by atoms with Gasteiger partial charge in [0.05, 0.1) is 23.9 Å². The molecule has 2 fully saturated rings. The molecule has 3 atom stereocenters.